The highest BCUT2D eigenvalue weighted by atomic mass is 28.4. The Labute approximate surface area is 148 Å². The Morgan fingerprint density at radius 2 is 1.92 bits per heavy atom. The summed E-state index contributed by atoms with van der Waals surface area (Å²) in [5, 5.41) is 0.190. The highest BCUT2D eigenvalue weighted by Gasteiger charge is 2.71. The molecular weight excluding hydrogens is 320 g/mol. The third-order valence-corrected chi connectivity index (χ3v) is 11.4. The zero-order valence-electron chi connectivity index (χ0n) is 16.3. The number of rotatable bonds is 5. The molecule has 1 aliphatic carbocycles. The Hall–Kier alpha value is -0.203. The van der Waals surface area contributed by atoms with Crippen LogP contribution in [0.15, 0.2) is 12.7 Å². The molecule has 0 bridgehead atoms. The van der Waals surface area contributed by atoms with Gasteiger partial charge in [0.15, 0.2) is 8.32 Å². The van der Waals surface area contributed by atoms with E-state index in [0.29, 0.717) is 0 Å². The van der Waals surface area contributed by atoms with Crippen LogP contribution in [-0.4, -0.2) is 51.5 Å². The van der Waals surface area contributed by atoms with Crippen LogP contribution >= 0.6 is 0 Å². The third kappa shape index (κ3) is 2.82. The molecule has 3 fully saturated rings. The average Bonchev–Trinajstić information content (AvgIpc) is 3.37. The number of epoxide rings is 2. The number of methoxy groups -OCH3 is 1. The molecule has 3 rings (SSSR count). The fraction of sp³-hybridized carbons (Fsp3) is 0.895. The first kappa shape index (κ1) is 18.6. The van der Waals surface area contributed by atoms with Crippen LogP contribution in [-0.2, 0) is 18.6 Å². The summed E-state index contributed by atoms with van der Waals surface area (Å²) in [6.07, 6.45) is 4.14. The molecule has 1 spiro atoms. The van der Waals surface area contributed by atoms with Crippen molar-refractivity contribution in [2.45, 2.75) is 88.2 Å². The predicted molar refractivity (Wildman–Crippen MR) is 97.7 cm³/mol. The molecule has 2 heterocycles. The van der Waals surface area contributed by atoms with E-state index < -0.39 is 8.32 Å². The minimum Gasteiger partial charge on any atom is -0.411 e. The van der Waals surface area contributed by atoms with Gasteiger partial charge in [-0.1, -0.05) is 26.8 Å². The Morgan fingerprint density at radius 1 is 1.29 bits per heavy atom. The van der Waals surface area contributed by atoms with Crippen molar-refractivity contribution in [3.8, 4) is 0 Å². The van der Waals surface area contributed by atoms with Gasteiger partial charge in [0.25, 0.3) is 0 Å². The zero-order chi connectivity index (χ0) is 18.0. The topological polar surface area (TPSA) is 43.5 Å². The summed E-state index contributed by atoms with van der Waals surface area (Å²) in [7, 11) is -0.0504. The molecule has 5 heteroatoms. The SMILES string of the molecule is C=C[C@H]1O[C@]1(C)[C@H]1[C@H](OC)C(O[Si](C)(C)C(C)(C)C)CC[C@]12CO2. The summed E-state index contributed by atoms with van der Waals surface area (Å²) in [4.78, 5) is 0. The standard InChI is InChI=1S/C19H34O4Si/c1-9-14-18(5,22-14)16-15(20-6)13(10-11-19(16)12-21-19)23-24(7,8)17(2,3)4/h9,13-16H,1,10-12H2,2-8H3/t13?,14-,15-,16-,18+,19+/m1/s1. The lowest BCUT2D eigenvalue weighted by Crippen LogP contribution is -2.58. The summed E-state index contributed by atoms with van der Waals surface area (Å²) < 4.78 is 24.8. The van der Waals surface area contributed by atoms with Gasteiger partial charge in [-0.15, -0.1) is 6.58 Å². The van der Waals surface area contributed by atoms with Crippen molar-refractivity contribution in [3.63, 3.8) is 0 Å². The summed E-state index contributed by atoms with van der Waals surface area (Å²) in [5.74, 6) is 0.196. The molecule has 2 aliphatic heterocycles. The first-order chi connectivity index (χ1) is 11.0. The van der Waals surface area contributed by atoms with Gasteiger partial charge in [0.1, 0.15) is 11.7 Å². The molecule has 1 unspecified atom stereocenters. The van der Waals surface area contributed by atoms with Gasteiger partial charge in [-0.25, -0.2) is 0 Å². The maximum atomic E-state index is 6.77. The molecule has 4 nitrogen and oxygen atoms in total. The molecular formula is C19H34O4Si. The van der Waals surface area contributed by atoms with Crippen molar-refractivity contribution in [2.75, 3.05) is 13.7 Å². The summed E-state index contributed by atoms with van der Waals surface area (Å²) >= 11 is 0. The molecule has 2 saturated heterocycles. The lowest BCUT2D eigenvalue weighted by atomic mass is 9.68. The molecule has 138 valence electrons. The predicted octanol–water partition coefficient (Wildman–Crippen LogP) is 3.91. The van der Waals surface area contributed by atoms with Crippen LogP contribution in [0.1, 0.15) is 40.5 Å². The van der Waals surface area contributed by atoms with Crippen LogP contribution in [0.2, 0.25) is 18.1 Å². The molecule has 1 saturated carbocycles. The normalized spacial score (nSPS) is 45.3. The smallest absolute Gasteiger partial charge is 0.192 e. The summed E-state index contributed by atoms with van der Waals surface area (Å²) in [6.45, 7) is 18.4. The zero-order valence-corrected chi connectivity index (χ0v) is 17.3. The fourth-order valence-corrected chi connectivity index (χ4v) is 5.59. The van der Waals surface area contributed by atoms with Crippen molar-refractivity contribution in [2.24, 2.45) is 5.92 Å². The van der Waals surface area contributed by atoms with Crippen LogP contribution in [0.3, 0.4) is 0 Å². The van der Waals surface area contributed by atoms with Crippen LogP contribution in [0.5, 0.6) is 0 Å². The second kappa shape index (κ2) is 5.65. The molecule has 0 amide bonds. The highest BCUT2D eigenvalue weighted by Crippen LogP contribution is 2.59. The molecule has 24 heavy (non-hydrogen) atoms. The van der Waals surface area contributed by atoms with E-state index in [4.69, 9.17) is 18.6 Å². The van der Waals surface area contributed by atoms with E-state index >= 15 is 0 Å². The quantitative estimate of drug-likeness (QED) is 0.426. The van der Waals surface area contributed by atoms with Crippen LogP contribution in [0, 0.1) is 5.92 Å². The fourth-order valence-electron chi connectivity index (χ4n) is 4.23. The van der Waals surface area contributed by atoms with Gasteiger partial charge >= 0.3 is 0 Å². The van der Waals surface area contributed by atoms with Crippen LogP contribution < -0.4 is 0 Å². The molecule has 3 aliphatic rings. The van der Waals surface area contributed by atoms with Crippen molar-refractivity contribution in [3.05, 3.63) is 12.7 Å². The first-order valence-corrected chi connectivity index (χ1v) is 12.1. The lowest BCUT2D eigenvalue weighted by molar-refractivity contribution is -0.111. The van der Waals surface area contributed by atoms with E-state index in [1.54, 1.807) is 7.11 Å². The van der Waals surface area contributed by atoms with E-state index in [2.05, 4.69) is 47.4 Å². The van der Waals surface area contributed by atoms with Crippen LogP contribution in [0.4, 0.5) is 0 Å². The molecule has 0 aromatic heterocycles. The molecule has 6 atom stereocenters. The highest BCUT2D eigenvalue weighted by molar-refractivity contribution is 6.74. The van der Waals surface area contributed by atoms with Gasteiger partial charge in [0, 0.05) is 7.11 Å². The van der Waals surface area contributed by atoms with E-state index in [1.807, 2.05) is 6.08 Å². The van der Waals surface area contributed by atoms with Gasteiger partial charge < -0.3 is 18.6 Å². The van der Waals surface area contributed by atoms with Crippen LogP contribution in [0.25, 0.3) is 0 Å². The number of hydrogen-bond acceptors (Lipinski definition) is 4. The number of hydrogen-bond donors (Lipinski definition) is 0. The Balaban J connectivity index is 1.84. The van der Waals surface area contributed by atoms with Gasteiger partial charge in [-0.3, -0.25) is 0 Å². The Bertz CT molecular complexity index is 508. The maximum Gasteiger partial charge on any atom is 0.192 e. The lowest BCUT2D eigenvalue weighted by Gasteiger charge is -2.47. The van der Waals surface area contributed by atoms with Crippen molar-refractivity contribution >= 4 is 8.32 Å². The summed E-state index contributed by atoms with van der Waals surface area (Å²) in [6, 6.07) is 0. The third-order valence-electron chi connectivity index (χ3n) is 6.87. The van der Waals surface area contributed by atoms with Crippen molar-refractivity contribution in [1.29, 1.82) is 0 Å². The summed E-state index contributed by atoms with van der Waals surface area (Å²) in [5.41, 5.74) is -0.325. The van der Waals surface area contributed by atoms with Crippen molar-refractivity contribution < 1.29 is 18.6 Å². The average molecular weight is 355 g/mol. The molecule has 0 aromatic carbocycles. The second-order valence-electron chi connectivity index (χ2n) is 9.44. The minimum atomic E-state index is -1.85. The minimum absolute atomic E-state index is 0.00493. The number of ether oxygens (including phenoxy) is 3. The Kier molecular flexibility index (Phi) is 4.37. The van der Waals surface area contributed by atoms with E-state index in [9.17, 15) is 0 Å². The monoisotopic (exact) mass is 354 g/mol. The van der Waals surface area contributed by atoms with E-state index in [-0.39, 0.29) is 40.5 Å². The first-order valence-electron chi connectivity index (χ1n) is 9.16. The molecule has 0 N–H and O–H groups in total. The Morgan fingerprint density at radius 3 is 2.33 bits per heavy atom. The molecule has 0 aromatic rings. The largest absolute Gasteiger partial charge is 0.411 e. The molecule has 0 radical (unpaired) electrons. The van der Waals surface area contributed by atoms with Gasteiger partial charge in [0.05, 0.1) is 30.3 Å². The van der Waals surface area contributed by atoms with Gasteiger partial charge in [-0.2, -0.15) is 0 Å². The van der Waals surface area contributed by atoms with Crippen molar-refractivity contribution in [1.82, 2.24) is 0 Å². The van der Waals surface area contributed by atoms with E-state index in [1.165, 1.54) is 0 Å². The second-order valence-corrected chi connectivity index (χ2v) is 14.2. The maximum absolute atomic E-state index is 6.77. The van der Waals surface area contributed by atoms with Gasteiger partial charge in [0.2, 0.25) is 0 Å². The van der Waals surface area contributed by atoms with E-state index in [0.717, 1.165) is 19.4 Å². The van der Waals surface area contributed by atoms with Gasteiger partial charge in [-0.05, 0) is 37.9 Å².